The lowest BCUT2D eigenvalue weighted by atomic mass is 10.2. The van der Waals surface area contributed by atoms with Crippen LogP contribution in [-0.4, -0.2) is 45.2 Å². The number of amides is 2. The summed E-state index contributed by atoms with van der Waals surface area (Å²) in [6.07, 6.45) is 0. The van der Waals surface area contributed by atoms with Gasteiger partial charge < -0.3 is 24.8 Å². The number of rotatable bonds is 8. The summed E-state index contributed by atoms with van der Waals surface area (Å²) in [6, 6.07) is 9.91. The van der Waals surface area contributed by atoms with Crippen molar-refractivity contribution in [1.29, 1.82) is 0 Å². The molecule has 28 heavy (non-hydrogen) atoms. The van der Waals surface area contributed by atoms with E-state index in [0.717, 1.165) is 0 Å². The van der Waals surface area contributed by atoms with Gasteiger partial charge >= 0.3 is 5.97 Å². The van der Waals surface area contributed by atoms with Crippen LogP contribution in [-0.2, 0) is 14.3 Å². The number of halogens is 1. The van der Waals surface area contributed by atoms with Crippen LogP contribution < -0.4 is 20.1 Å². The van der Waals surface area contributed by atoms with Crippen molar-refractivity contribution < 1.29 is 33.0 Å². The van der Waals surface area contributed by atoms with E-state index in [0.29, 0.717) is 5.69 Å². The molecule has 2 amide bonds. The molecule has 148 valence electrons. The van der Waals surface area contributed by atoms with Crippen molar-refractivity contribution in [3.63, 3.8) is 0 Å². The van der Waals surface area contributed by atoms with Crippen LogP contribution in [0, 0.1) is 5.82 Å². The quantitative estimate of drug-likeness (QED) is 0.666. The number of benzene rings is 2. The third-order valence-corrected chi connectivity index (χ3v) is 3.54. The number of hydrogen-bond donors (Lipinski definition) is 2. The summed E-state index contributed by atoms with van der Waals surface area (Å²) in [7, 11) is 2.77. The second-order valence-corrected chi connectivity index (χ2v) is 5.45. The molecule has 0 aliphatic carbocycles. The zero-order chi connectivity index (χ0) is 20.5. The minimum absolute atomic E-state index is 0.0503. The average molecular weight is 390 g/mol. The molecule has 0 atom stereocenters. The van der Waals surface area contributed by atoms with Gasteiger partial charge in [-0.05, 0) is 36.4 Å². The van der Waals surface area contributed by atoms with Crippen molar-refractivity contribution >= 4 is 23.5 Å². The molecule has 2 aromatic carbocycles. The fourth-order valence-corrected chi connectivity index (χ4v) is 2.22. The SMILES string of the molecule is COc1cccc(OC)c1C(=O)OCC(=O)NCC(=O)Nc1ccc(F)cc1. The largest absolute Gasteiger partial charge is 0.496 e. The predicted molar refractivity (Wildman–Crippen MR) is 97.9 cm³/mol. The van der Waals surface area contributed by atoms with Crippen LogP contribution in [0.15, 0.2) is 42.5 Å². The Kier molecular flexibility index (Phi) is 7.32. The molecule has 9 heteroatoms. The van der Waals surface area contributed by atoms with Gasteiger partial charge in [0.15, 0.2) is 6.61 Å². The van der Waals surface area contributed by atoms with E-state index < -0.39 is 30.2 Å². The normalized spacial score (nSPS) is 9.96. The number of carbonyl (C=O) groups excluding carboxylic acids is 3. The van der Waals surface area contributed by atoms with Crippen LogP contribution in [0.3, 0.4) is 0 Å². The summed E-state index contributed by atoms with van der Waals surface area (Å²) in [5, 5.41) is 4.80. The highest BCUT2D eigenvalue weighted by molar-refractivity contribution is 5.97. The van der Waals surface area contributed by atoms with Gasteiger partial charge in [-0.25, -0.2) is 9.18 Å². The Bertz CT molecular complexity index is 832. The first kappa shape index (κ1) is 20.7. The molecule has 2 aromatic rings. The molecule has 0 saturated heterocycles. The molecule has 0 fully saturated rings. The lowest BCUT2D eigenvalue weighted by Crippen LogP contribution is -2.35. The molecule has 0 radical (unpaired) electrons. The number of methoxy groups -OCH3 is 2. The van der Waals surface area contributed by atoms with Crippen LogP contribution in [0.25, 0.3) is 0 Å². The van der Waals surface area contributed by atoms with Crippen LogP contribution in [0.2, 0.25) is 0 Å². The van der Waals surface area contributed by atoms with Crippen LogP contribution in [0.5, 0.6) is 11.5 Å². The standard InChI is InChI=1S/C19H19FN2O6/c1-26-14-4-3-5-15(27-2)18(14)19(25)28-11-17(24)21-10-16(23)22-13-8-6-12(20)7-9-13/h3-9H,10-11H2,1-2H3,(H,21,24)(H,22,23). The van der Waals surface area contributed by atoms with Crippen molar-refractivity contribution in [2.75, 3.05) is 32.7 Å². The van der Waals surface area contributed by atoms with E-state index in [4.69, 9.17) is 14.2 Å². The predicted octanol–water partition coefficient (Wildman–Crippen LogP) is 1.75. The number of hydrogen-bond acceptors (Lipinski definition) is 6. The zero-order valence-electron chi connectivity index (χ0n) is 15.3. The van der Waals surface area contributed by atoms with Gasteiger partial charge in [0.25, 0.3) is 5.91 Å². The van der Waals surface area contributed by atoms with Crippen LogP contribution in [0.1, 0.15) is 10.4 Å². The maximum atomic E-state index is 12.8. The lowest BCUT2D eigenvalue weighted by molar-refractivity contribution is -0.126. The second-order valence-electron chi connectivity index (χ2n) is 5.45. The molecule has 0 aliphatic rings. The van der Waals surface area contributed by atoms with Gasteiger partial charge in [-0.15, -0.1) is 0 Å². The molecule has 2 rings (SSSR count). The molecule has 8 nitrogen and oxygen atoms in total. The molecule has 0 spiro atoms. The monoisotopic (exact) mass is 390 g/mol. The van der Waals surface area contributed by atoms with E-state index in [-0.39, 0.29) is 23.6 Å². The summed E-state index contributed by atoms with van der Waals surface area (Å²) >= 11 is 0. The van der Waals surface area contributed by atoms with Gasteiger partial charge in [0.05, 0.1) is 20.8 Å². The lowest BCUT2D eigenvalue weighted by Gasteiger charge is -2.12. The Morgan fingerprint density at radius 1 is 0.929 bits per heavy atom. The van der Waals surface area contributed by atoms with E-state index in [1.807, 2.05) is 0 Å². The van der Waals surface area contributed by atoms with Gasteiger partial charge in [0.1, 0.15) is 22.9 Å². The van der Waals surface area contributed by atoms with E-state index in [1.54, 1.807) is 18.2 Å². The van der Waals surface area contributed by atoms with Crippen molar-refractivity contribution in [2.45, 2.75) is 0 Å². The molecule has 0 aliphatic heterocycles. The van der Waals surface area contributed by atoms with Gasteiger partial charge in [-0.3, -0.25) is 9.59 Å². The van der Waals surface area contributed by atoms with Crippen LogP contribution in [0.4, 0.5) is 10.1 Å². The molecule has 0 aromatic heterocycles. The average Bonchev–Trinajstić information content (AvgIpc) is 2.71. The number of ether oxygens (including phenoxy) is 3. The van der Waals surface area contributed by atoms with Gasteiger partial charge in [0.2, 0.25) is 5.91 Å². The van der Waals surface area contributed by atoms with Crippen molar-refractivity contribution in [3.8, 4) is 11.5 Å². The maximum absolute atomic E-state index is 12.8. The molecule has 0 unspecified atom stereocenters. The highest BCUT2D eigenvalue weighted by Crippen LogP contribution is 2.28. The third kappa shape index (κ3) is 5.70. The second kappa shape index (κ2) is 9.91. The number of anilines is 1. The molecule has 0 bridgehead atoms. The third-order valence-electron chi connectivity index (χ3n) is 3.54. The fourth-order valence-electron chi connectivity index (χ4n) is 2.22. The Labute approximate surface area is 160 Å². The van der Waals surface area contributed by atoms with Crippen molar-refractivity contribution in [3.05, 3.63) is 53.8 Å². The van der Waals surface area contributed by atoms with E-state index >= 15 is 0 Å². The smallest absolute Gasteiger partial charge is 0.346 e. The minimum atomic E-state index is -0.805. The summed E-state index contributed by atoms with van der Waals surface area (Å²) in [6.45, 7) is -0.935. The van der Waals surface area contributed by atoms with Crippen molar-refractivity contribution in [1.82, 2.24) is 5.32 Å². The maximum Gasteiger partial charge on any atom is 0.346 e. The molecular formula is C19H19FN2O6. The number of carbonyl (C=O) groups is 3. The van der Waals surface area contributed by atoms with Gasteiger partial charge in [0, 0.05) is 5.69 Å². The highest BCUT2D eigenvalue weighted by atomic mass is 19.1. The molecule has 0 heterocycles. The number of nitrogens with one attached hydrogen (secondary N) is 2. The summed E-state index contributed by atoms with van der Waals surface area (Å²) in [4.78, 5) is 35.8. The Morgan fingerprint density at radius 3 is 2.11 bits per heavy atom. The first-order valence-corrected chi connectivity index (χ1v) is 8.14. The molecular weight excluding hydrogens is 371 g/mol. The van der Waals surface area contributed by atoms with Gasteiger partial charge in [-0.1, -0.05) is 6.07 Å². The Balaban J connectivity index is 1.83. The van der Waals surface area contributed by atoms with E-state index in [2.05, 4.69) is 10.6 Å². The van der Waals surface area contributed by atoms with Gasteiger partial charge in [-0.2, -0.15) is 0 Å². The number of esters is 1. The Morgan fingerprint density at radius 2 is 1.54 bits per heavy atom. The molecule has 0 saturated carbocycles. The molecule has 2 N–H and O–H groups in total. The first-order chi connectivity index (χ1) is 13.4. The Hall–Kier alpha value is -3.62. The zero-order valence-corrected chi connectivity index (χ0v) is 15.3. The minimum Gasteiger partial charge on any atom is -0.496 e. The first-order valence-electron chi connectivity index (χ1n) is 8.14. The van der Waals surface area contributed by atoms with E-state index in [9.17, 15) is 18.8 Å². The summed E-state index contributed by atoms with van der Waals surface area (Å²) in [5.41, 5.74) is 0.435. The topological polar surface area (TPSA) is 103 Å². The fraction of sp³-hybridized carbons (Fsp3) is 0.211. The summed E-state index contributed by atoms with van der Waals surface area (Å²) < 4.78 is 28.0. The highest BCUT2D eigenvalue weighted by Gasteiger charge is 2.20. The van der Waals surface area contributed by atoms with Crippen LogP contribution >= 0.6 is 0 Å². The van der Waals surface area contributed by atoms with E-state index in [1.165, 1.54) is 38.5 Å². The summed E-state index contributed by atoms with van der Waals surface area (Å²) in [5.74, 6) is -1.94. The van der Waals surface area contributed by atoms with Crippen molar-refractivity contribution in [2.24, 2.45) is 0 Å².